The number of nitrogens with zero attached hydrogens (tertiary/aromatic N) is 3. The monoisotopic (exact) mass is 235 g/mol. The van der Waals surface area contributed by atoms with Gasteiger partial charge in [-0.25, -0.2) is 9.78 Å². The first-order valence-electron chi connectivity index (χ1n) is 5.72. The van der Waals surface area contributed by atoms with Gasteiger partial charge in [-0.15, -0.1) is 0 Å². The first-order chi connectivity index (χ1) is 8.08. The van der Waals surface area contributed by atoms with Crippen molar-refractivity contribution in [1.29, 1.82) is 0 Å². The minimum Gasteiger partial charge on any atom is -0.477 e. The van der Waals surface area contributed by atoms with Crippen LogP contribution in [0.4, 0.5) is 5.69 Å². The fourth-order valence-electron chi connectivity index (χ4n) is 2.02. The molecule has 1 aliphatic rings. The van der Waals surface area contributed by atoms with Crippen LogP contribution >= 0.6 is 0 Å². The SMILES string of the molecule is CC1CN(c2ccnc(C(=O)O)c2)CCN1C. The van der Waals surface area contributed by atoms with Gasteiger partial charge < -0.3 is 14.9 Å². The number of hydrogen-bond acceptors (Lipinski definition) is 4. The lowest BCUT2D eigenvalue weighted by Gasteiger charge is -2.39. The van der Waals surface area contributed by atoms with Gasteiger partial charge in [0.1, 0.15) is 5.69 Å². The summed E-state index contributed by atoms with van der Waals surface area (Å²) in [5.74, 6) is -0.978. The smallest absolute Gasteiger partial charge is 0.354 e. The van der Waals surface area contributed by atoms with Crippen molar-refractivity contribution in [1.82, 2.24) is 9.88 Å². The largest absolute Gasteiger partial charge is 0.477 e. The molecule has 1 N–H and O–H groups in total. The summed E-state index contributed by atoms with van der Waals surface area (Å²) in [6, 6.07) is 3.98. The van der Waals surface area contributed by atoms with Crippen molar-refractivity contribution in [3.05, 3.63) is 24.0 Å². The Bertz CT molecular complexity index is 422. The highest BCUT2D eigenvalue weighted by Crippen LogP contribution is 2.18. The molecule has 0 bridgehead atoms. The van der Waals surface area contributed by atoms with E-state index in [0.29, 0.717) is 6.04 Å². The lowest BCUT2D eigenvalue weighted by molar-refractivity contribution is 0.0690. The van der Waals surface area contributed by atoms with E-state index in [1.807, 2.05) is 6.07 Å². The van der Waals surface area contributed by atoms with Gasteiger partial charge in [0.15, 0.2) is 0 Å². The normalized spacial score (nSPS) is 21.5. The van der Waals surface area contributed by atoms with Crippen LogP contribution in [-0.4, -0.2) is 53.7 Å². The molecule has 5 heteroatoms. The number of carboxylic acids is 1. The van der Waals surface area contributed by atoms with E-state index in [4.69, 9.17) is 5.11 Å². The van der Waals surface area contributed by atoms with Crippen LogP contribution in [0.3, 0.4) is 0 Å². The van der Waals surface area contributed by atoms with Crippen LogP contribution in [0.1, 0.15) is 17.4 Å². The Balaban J connectivity index is 2.17. The van der Waals surface area contributed by atoms with E-state index in [1.165, 1.54) is 0 Å². The van der Waals surface area contributed by atoms with Gasteiger partial charge in [-0.1, -0.05) is 0 Å². The summed E-state index contributed by atoms with van der Waals surface area (Å²) in [4.78, 5) is 19.2. The highest BCUT2D eigenvalue weighted by Gasteiger charge is 2.21. The van der Waals surface area contributed by atoms with Gasteiger partial charge in [0.25, 0.3) is 0 Å². The molecular formula is C12H17N3O2. The third kappa shape index (κ3) is 2.55. The van der Waals surface area contributed by atoms with Crippen LogP contribution in [-0.2, 0) is 0 Å². The summed E-state index contributed by atoms with van der Waals surface area (Å²) in [6.07, 6.45) is 1.56. The van der Waals surface area contributed by atoms with Gasteiger partial charge in [0, 0.05) is 37.6 Å². The molecule has 92 valence electrons. The van der Waals surface area contributed by atoms with Gasteiger partial charge in [-0.05, 0) is 26.1 Å². The maximum absolute atomic E-state index is 10.9. The second-order valence-corrected chi connectivity index (χ2v) is 4.48. The van der Waals surface area contributed by atoms with Gasteiger partial charge in [0.05, 0.1) is 0 Å². The molecule has 1 aromatic rings. The summed E-state index contributed by atoms with van der Waals surface area (Å²) in [6.45, 7) is 5.00. The molecule has 1 atom stereocenters. The first-order valence-corrected chi connectivity index (χ1v) is 5.72. The van der Waals surface area contributed by atoms with E-state index in [2.05, 4.69) is 28.8 Å². The number of likely N-dealkylation sites (N-methyl/N-ethyl adjacent to an activating group) is 1. The van der Waals surface area contributed by atoms with E-state index >= 15 is 0 Å². The molecule has 0 aromatic carbocycles. The van der Waals surface area contributed by atoms with Crippen LogP contribution in [0, 0.1) is 0 Å². The average molecular weight is 235 g/mol. The maximum Gasteiger partial charge on any atom is 0.354 e. The van der Waals surface area contributed by atoms with Crippen molar-refractivity contribution in [3.8, 4) is 0 Å². The standard InChI is InChI=1S/C12H17N3O2/c1-9-8-15(6-5-14(9)2)10-3-4-13-11(7-10)12(16)17/h3-4,7,9H,5-6,8H2,1-2H3,(H,16,17). The molecule has 1 saturated heterocycles. The number of aromatic nitrogens is 1. The van der Waals surface area contributed by atoms with Crippen LogP contribution in [0.2, 0.25) is 0 Å². The predicted molar refractivity (Wildman–Crippen MR) is 65.5 cm³/mol. The van der Waals surface area contributed by atoms with E-state index in [0.717, 1.165) is 25.3 Å². The molecule has 1 aliphatic heterocycles. The Morgan fingerprint density at radius 1 is 1.53 bits per heavy atom. The molecule has 0 spiro atoms. The summed E-state index contributed by atoms with van der Waals surface area (Å²) < 4.78 is 0. The fourth-order valence-corrected chi connectivity index (χ4v) is 2.02. The first kappa shape index (κ1) is 11.9. The van der Waals surface area contributed by atoms with E-state index in [-0.39, 0.29) is 5.69 Å². The predicted octanol–water partition coefficient (Wildman–Crippen LogP) is 0.920. The topological polar surface area (TPSA) is 56.7 Å². The maximum atomic E-state index is 10.9. The van der Waals surface area contributed by atoms with Crippen molar-refractivity contribution in [3.63, 3.8) is 0 Å². The van der Waals surface area contributed by atoms with Crippen molar-refractivity contribution >= 4 is 11.7 Å². The second-order valence-electron chi connectivity index (χ2n) is 4.48. The Labute approximate surface area is 101 Å². The number of hydrogen-bond donors (Lipinski definition) is 1. The molecule has 0 saturated carbocycles. The van der Waals surface area contributed by atoms with Gasteiger partial charge in [0.2, 0.25) is 0 Å². The fraction of sp³-hybridized carbons (Fsp3) is 0.500. The number of aromatic carboxylic acids is 1. The van der Waals surface area contributed by atoms with E-state index < -0.39 is 5.97 Å². The third-order valence-electron chi connectivity index (χ3n) is 3.29. The summed E-state index contributed by atoms with van der Waals surface area (Å²) in [5.41, 5.74) is 1.05. The lowest BCUT2D eigenvalue weighted by Crippen LogP contribution is -2.50. The molecule has 0 aliphatic carbocycles. The van der Waals surface area contributed by atoms with Crippen molar-refractivity contribution in [2.45, 2.75) is 13.0 Å². The van der Waals surface area contributed by atoms with Crippen molar-refractivity contribution in [2.75, 3.05) is 31.6 Å². The zero-order valence-corrected chi connectivity index (χ0v) is 10.1. The zero-order valence-electron chi connectivity index (χ0n) is 10.1. The Morgan fingerprint density at radius 3 is 2.94 bits per heavy atom. The van der Waals surface area contributed by atoms with Crippen molar-refractivity contribution < 1.29 is 9.90 Å². The minimum atomic E-state index is -0.978. The average Bonchev–Trinajstić information content (AvgIpc) is 2.33. The number of pyridine rings is 1. The van der Waals surface area contributed by atoms with Gasteiger partial charge in [-0.3, -0.25) is 0 Å². The molecule has 1 aromatic heterocycles. The highest BCUT2D eigenvalue weighted by atomic mass is 16.4. The molecule has 5 nitrogen and oxygen atoms in total. The molecule has 2 rings (SSSR count). The Hall–Kier alpha value is -1.62. The van der Waals surface area contributed by atoms with Crippen LogP contribution in [0.25, 0.3) is 0 Å². The molecular weight excluding hydrogens is 218 g/mol. The van der Waals surface area contributed by atoms with Crippen molar-refractivity contribution in [2.24, 2.45) is 0 Å². The lowest BCUT2D eigenvalue weighted by atomic mass is 10.2. The summed E-state index contributed by atoms with van der Waals surface area (Å²) in [7, 11) is 2.11. The van der Waals surface area contributed by atoms with Crippen LogP contribution in [0.5, 0.6) is 0 Å². The quantitative estimate of drug-likeness (QED) is 0.826. The Kier molecular flexibility index (Phi) is 3.28. The molecule has 2 heterocycles. The zero-order chi connectivity index (χ0) is 12.4. The number of anilines is 1. The van der Waals surface area contributed by atoms with Gasteiger partial charge in [-0.2, -0.15) is 0 Å². The second kappa shape index (κ2) is 4.71. The summed E-state index contributed by atoms with van der Waals surface area (Å²) in [5, 5.41) is 8.91. The van der Waals surface area contributed by atoms with E-state index in [1.54, 1.807) is 12.3 Å². The number of piperazine rings is 1. The Morgan fingerprint density at radius 2 is 2.29 bits per heavy atom. The third-order valence-corrected chi connectivity index (χ3v) is 3.29. The van der Waals surface area contributed by atoms with Crippen LogP contribution < -0.4 is 4.90 Å². The molecule has 1 unspecified atom stereocenters. The number of carboxylic acid groups (broad SMARTS) is 1. The molecule has 17 heavy (non-hydrogen) atoms. The highest BCUT2D eigenvalue weighted by molar-refractivity contribution is 5.86. The minimum absolute atomic E-state index is 0.106. The molecule has 0 radical (unpaired) electrons. The van der Waals surface area contributed by atoms with Crippen LogP contribution in [0.15, 0.2) is 18.3 Å². The number of rotatable bonds is 2. The van der Waals surface area contributed by atoms with Gasteiger partial charge >= 0.3 is 5.97 Å². The van der Waals surface area contributed by atoms with E-state index in [9.17, 15) is 4.79 Å². The molecule has 1 fully saturated rings. The summed E-state index contributed by atoms with van der Waals surface area (Å²) >= 11 is 0. The molecule has 0 amide bonds. The number of carbonyl (C=O) groups is 1.